The molecule has 0 fully saturated rings. The number of carboxylic acid groups (broad SMARTS) is 1. The zero-order chi connectivity index (χ0) is 32.4. The van der Waals surface area contributed by atoms with Gasteiger partial charge in [-0.25, -0.2) is 0 Å². The van der Waals surface area contributed by atoms with Gasteiger partial charge in [-0.2, -0.15) is 0 Å². The van der Waals surface area contributed by atoms with Gasteiger partial charge in [0.05, 0.1) is 13.2 Å². The summed E-state index contributed by atoms with van der Waals surface area (Å²) in [5.74, 6) is -0.833. The number of carbonyl (C=O) groups is 1. The van der Waals surface area contributed by atoms with Crippen LogP contribution in [-0.2, 0) is 35.5 Å². The molecule has 0 saturated heterocycles. The van der Waals surface area contributed by atoms with E-state index in [1.54, 1.807) is 20.5 Å². The molecule has 264 valence electrons. The Labute approximate surface area is 268 Å². The number of hydrogen-bond donors (Lipinski definition) is 1. The SMILES string of the molecule is C.C.C.CC(=O)O.CCCCC[Si](C)(C)O[Si](C)(C)C.CCOP(C)(=O)OCC.C[Si](C)(C)OP(C)(=O)O[Si](C)(C)C. The lowest BCUT2D eigenvalue weighted by molar-refractivity contribution is -0.134. The lowest BCUT2D eigenvalue weighted by atomic mass is 10.3. The highest BCUT2D eigenvalue weighted by Crippen LogP contribution is 2.49. The van der Waals surface area contributed by atoms with Crippen molar-refractivity contribution in [3.63, 3.8) is 0 Å². The minimum Gasteiger partial charge on any atom is -0.481 e. The van der Waals surface area contributed by atoms with E-state index in [9.17, 15) is 9.13 Å². The molecule has 1 N–H and O–H groups in total. The molecule has 0 aromatic rings. The maximum absolute atomic E-state index is 11.9. The lowest BCUT2D eigenvalue weighted by Gasteiger charge is -2.31. The average molecular weight is 719 g/mol. The Balaban J connectivity index is -0.0000000804. The van der Waals surface area contributed by atoms with Crippen molar-refractivity contribution in [1.82, 2.24) is 0 Å². The predicted octanol–water partition coefficient (Wildman–Crippen LogP) is 11.6. The van der Waals surface area contributed by atoms with Gasteiger partial charge in [0.1, 0.15) is 0 Å². The number of rotatable bonds is 14. The predicted molar refractivity (Wildman–Crippen MR) is 199 cm³/mol. The molecule has 0 saturated carbocycles. The molecule has 0 unspecified atom stereocenters. The summed E-state index contributed by atoms with van der Waals surface area (Å²) in [5.41, 5.74) is 0. The summed E-state index contributed by atoms with van der Waals surface area (Å²) in [6.45, 7) is 34.5. The Kier molecular flexibility index (Phi) is 37.1. The van der Waals surface area contributed by atoms with E-state index in [4.69, 9.17) is 31.5 Å². The van der Waals surface area contributed by atoms with E-state index >= 15 is 0 Å². The summed E-state index contributed by atoms with van der Waals surface area (Å²) in [4.78, 5) is 9.00. The lowest BCUT2D eigenvalue weighted by Crippen LogP contribution is -2.42. The molecule has 0 amide bonds. The van der Waals surface area contributed by atoms with Crippen LogP contribution >= 0.6 is 15.2 Å². The molecule has 0 atom stereocenters. The zero-order valence-corrected chi connectivity index (χ0v) is 34.1. The second kappa shape index (κ2) is 26.8. The molecular formula is C27H76O9P2Si4. The molecule has 0 bridgehead atoms. The molecular weight excluding hydrogens is 643 g/mol. The van der Waals surface area contributed by atoms with Gasteiger partial charge in [0.15, 0.2) is 33.3 Å². The summed E-state index contributed by atoms with van der Waals surface area (Å²) in [5, 5.41) is 7.42. The van der Waals surface area contributed by atoms with Gasteiger partial charge in [-0.3, -0.25) is 13.9 Å². The van der Waals surface area contributed by atoms with Crippen molar-refractivity contribution in [2.75, 3.05) is 26.5 Å². The number of carboxylic acids is 1. The fraction of sp³-hybridized carbons (Fsp3) is 0.963. The Bertz CT molecular complexity index is 701. The Morgan fingerprint density at radius 3 is 1.17 bits per heavy atom. The Hall–Kier alpha value is 0.598. The van der Waals surface area contributed by atoms with Crippen molar-refractivity contribution >= 4 is 54.4 Å². The molecule has 15 heteroatoms. The third-order valence-electron chi connectivity index (χ3n) is 3.57. The van der Waals surface area contributed by atoms with E-state index in [1.165, 1.54) is 32.0 Å². The average Bonchev–Trinajstić information content (AvgIpc) is 2.55. The molecule has 42 heavy (non-hydrogen) atoms. The quantitative estimate of drug-likeness (QED) is 0.106. The normalized spacial score (nSPS) is 11.8. The minimum atomic E-state index is -2.81. The van der Waals surface area contributed by atoms with Crippen LogP contribution in [0.2, 0.25) is 78.1 Å². The van der Waals surface area contributed by atoms with Gasteiger partial charge < -0.3 is 26.7 Å². The molecule has 0 aromatic heterocycles. The van der Waals surface area contributed by atoms with E-state index in [0.717, 1.165) is 6.92 Å². The van der Waals surface area contributed by atoms with Gasteiger partial charge in [0, 0.05) is 20.3 Å². The summed E-state index contributed by atoms with van der Waals surface area (Å²) in [6, 6.07) is 1.34. The van der Waals surface area contributed by atoms with Crippen LogP contribution in [0.3, 0.4) is 0 Å². The largest absolute Gasteiger partial charge is 0.481 e. The number of hydrogen-bond acceptors (Lipinski definition) is 8. The first-order valence-electron chi connectivity index (χ1n) is 13.8. The monoisotopic (exact) mass is 718 g/mol. The van der Waals surface area contributed by atoms with Crippen LogP contribution in [0.25, 0.3) is 0 Å². The maximum Gasteiger partial charge on any atom is 0.327 e. The topological polar surface area (TPSA) is 118 Å². The van der Waals surface area contributed by atoms with Gasteiger partial charge in [-0.05, 0) is 91.9 Å². The smallest absolute Gasteiger partial charge is 0.327 e. The maximum atomic E-state index is 11.9. The van der Waals surface area contributed by atoms with Gasteiger partial charge in [0.25, 0.3) is 5.97 Å². The second-order valence-corrected chi connectivity index (χ2v) is 35.3. The van der Waals surface area contributed by atoms with E-state index < -0.39 is 54.4 Å². The van der Waals surface area contributed by atoms with E-state index in [-0.39, 0.29) is 22.3 Å². The summed E-state index contributed by atoms with van der Waals surface area (Å²) < 4.78 is 49.7. The van der Waals surface area contributed by atoms with Crippen LogP contribution in [0, 0.1) is 0 Å². The highest BCUT2D eigenvalue weighted by molar-refractivity contribution is 7.56. The summed E-state index contributed by atoms with van der Waals surface area (Å²) in [6.07, 6.45) is 4.04. The number of unbranched alkanes of at least 4 members (excludes halogenated alkanes) is 2. The number of aliphatic carboxylic acids is 1. The van der Waals surface area contributed by atoms with Gasteiger partial charge in [0.2, 0.25) is 0 Å². The molecule has 0 heterocycles. The van der Waals surface area contributed by atoms with E-state index in [0.29, 0.717) is 13.2 Å². The molecule has 0 spiro atoms. The van der Waals surface area contributed by atoms with Gasteiger partial charge in [-0.15, -0.1) is 0 Å². The molecule has 0 aliphatic heterocycles. The third kappa shape index (κ3) is 59.9. The first-order chi connectivity index (χ1) is 17.0. The molecule has 0 radical (unpaired) electrons. The fourth-order valence-corrected chi connectivity index (χ4v) is 20.8. The zero-order valence-electron chi connectivity index (χ0n) is 28.4. The first-order valence-corrected chi connectivity index (χ1v) is 31.1. The molecule has 0 aliphatic rings. The third-order valence-corrected chi connectivity index (χ3v) is 18.3. The van der Waals surface area contributed by atoms with Crippen molar-refractivity contribution in [2.45, 2.75) is 147 Å². The molecule has 0 rings (SSSR count). The van der Waals surface area contributed by atoms with Crippen LogP contribution in [-0.4, -0.2) is 70.9 Å². The van der Waals surface area contributed by atoms with E-state index in [1.807, 2.05) is 39.3 Å². The Morgan fingerprint density at radius 2 is 0.952 bits per heavy atom. The van der Waals surface area contributed by atoms with Crippen molar-refractivity contribution in [2.24, 2.45) is 0 Å². The standard InChI is InChI=1S/C10H26OSi2.C7H21O3PSi2.C5H13O3P.C2H4O2.3CH4/c1-7-8-9-10-13(5,6)11-12(2,3)4;1-11(8,9-12(2,3)4)10-13(5,6)7;1-4-7-9(3,6)8-5-2;1-2(3)4;;;/h7-10H2,1-6H3;1-7H3;4-5H2,1-3H3;1H3,(H,3,4);3*1H4. The molecule has 0 aromatic carbocycles. The highest BCUT2D eigenvalue weighted by atomic mass is 31.2. The van der Waals surface area contributed by atoms with Crippen LogP contribution in [0.15, 0.2) is 0 Å². The molecule has 0 aliphatic carbocycles. The van der Waals surface area contributed by atoms with Crippen molar-refractivity contribution in [1.29, 1.82) is 0 Å². The second-order valence-electron chi connectivity index (χ2n) is 12.7. The summed E-state index contributed by atoms with van der Waals surface area (Å²) >= 11 is 0. The van der Waals surface area contributed by atoms with E-state index in [2.05, 4.69) is 39.7 Å². The van der Waals surface area contributed by atoms with Gasteiger partial charge >= 0.3 is 15.2 Å². The van der Waals surface area contributed by atoms with Crippen LogP contribution in [0.5, 0.6) is 0 Å². The van der Waals surface area contributed by atoms with Crippen molar-refractivity contribution in [3.05, 3.63) is 0 Å². The molecule has 9 nitrogen and oxygen atoms in total. The van der Waals surface area contributed by atoms with Crippen LogP contribution in [0.1, 0.15) is 69.2 Å². The fourth-order valence-electron chi connectivity index (χ4n) is 3.20. The van der Waals surface area contributed by atoms with Crippen molar-refractivity contribution < 1.29 is 40.6 Å². The Morgan fingerprint density at radius 1 is 0.643 bits per heavy atom. The highest BCUT2D eigenvalue weighted by Gasteiger charge is 2.32. The summed E-state index contributed by atoms with van der Waals surface area (Å²) in [7, 11) is -11.6. The van der Waals surface area contributed by atoms with Gasteiger partial charge in [-0.1, -0.05) is 48.5 Å². The first kappa shape index (κ1) is 58.2. The minimum absolute atomic E-state index is 0. The van der Waals surface area contributed by atoms with Crippen LogP contribution < -0.4 is 0 Å². The van der Waals surface area contributed by atoms with Crippen molar-refractivity contribution in [3.8, 4) is 0 Å². The van der Waals surface area contributed by atoms with Crippen LogP contribution in [0.4, 0.5) is 0 Å².